The average molecular weight is 154 g/mol. The number of hydrogen-bond donors (Lipinski definition) is 0. The second kappa shape index (κ2) is 7.57. The number of rotatable bonds is 0. The molecule has 52 valence electrons. The molecule has 0 bridgehead atoms. The van der Waals surface area contributed by atoms with Crippen molar-refractivity contribution >= 4 is 23.1 Å². The monoisotopic (exact) mass is 154 g/mol. The zero-order valence-corrected chi connectivity index (χ0v) is 7.89. The van der Waals surface area contributed by atoms with E-state index in [9.17, 15) is 0 Å². The SMILES string of the molecule is [Mg+2].c1cc[cH-]c1.c1cc[cH-]c1. The van der Waals surface area contributed by atoms with Gasteiger partial charge in [-0.05, 0) is 0 Å². The summed E-state index contributed by atoms with van der Waals surface area (Å²) in [5.74, 6) is 0. The van der Waals surface area contributed by atoms with Gasteiger partial charge >= 0.3 is 23.1 Å². The Morgan fingerprint density at radius 3 is 0.909 bits per heavy atom. The van der Waals surface area contributed by atoms with Crippen molar-refractivity contribution in [3.05, 3.63) is 60.7 Å². The van der Waals surface area contributed by atoms with Gasteiger partial charge in [0.25, 0.3) is 0 Å². The Kier molecular flexibility index (Phi) is 7.20. The molecule has 0 aliphatic rings. The summed E-state index contributed by atoms with van der Waals surface area (Å²) in [5, 5.41) is 0. The Balaban J connectivity index is 0.000000167. The Labute approximate surface area is 83.7 Å². The topological polar surface area (TPSA) is 0 Å². The molecular formula is C10H10Mg. The van der Waals surface area contributed by atoms with Crippen molar-refractivity contribution in [3.8, 4) is 0 Å². The van der Waals surface area contributed by atoms with E-state index in [0.29, 0.717) is 0 Å². The van der Waals surface area contributed by atoms with E-state index in [1.807, 2.05) is 60.7 Å². The van der Waals surface area contributed by atoms with Crippen LogP contribution in [0.4, 0.5) is 0 Å². The van der Waals surface area contributed by atoms with E-state index in [-0.39, 0.29) is 23.1 Å². The van der Waals surface area contributed by atoms with Gasteiger partial charge in [0.2, 0.25) is 0 Å². The van der Waals surface area contributed by atoms with Gasteiger partial charge in [-0.25, -0.2) is 24.3 Å². The van der Waals surface area contributed by atoms with E-state index < -0.39 is 0 Å². The Morgan fingerprint density at radius 1 is 0.545 bits per heavy atom. The first-order chi connectivity index (χ1) is 5.00. The molecule has 0 aliphatic carbocycles. The van der Waals surface area contributed by atoms with Crippen LogP contribution in [0.5, 0.6) is 0 Å². The molecule has 0 atom stereocenters. The second-order valence-electron chi connectivity index (χ2n) is 1.92. The smallest absolute Gasteiger partial charge is 0.214 e. The first-order valence-corrected chi connectivity index (χ1v) is 3.33. The van der Waals surface area contributed by atoms with E-state index in [0.717, 1.165) is 0 Å². The van der Waals surface area contributed by atoms with Crippen LogP contribution in [-0.4, -0.2) is 23.1 Å². The predicted molar refractivity (Wildman–Crippen MR) is 49.8 cm³/mol. The predicted octanol–water partition coefficient (Wildman–Crippen LogP) is 2.43. The van der Waals surface area contributed by atoms with Gasteiger partial charge < -0.3 is 0 Å². The third kappa shape index (κ3) is 5.89. The first kappa shape index (κ1) is 10.5. The molecule has 0 heterocycles. The van der Waals surface area contributed by atoms with Crippen molar-refractivity contribution in [3.63, 3.8) is 0 Å². The molecule has 0 unspecified atom stereocenters. The largest absolute Gasteiger partial charge is 2.00 e. The minimum atomic E-state index is 0. The Bertz CT molecular complexity index is 144. The van der Waals surface area contributed by atoms with Gasteiger partial charge in [0, 0.05) is 0 Å². The molecule has 0 radical (unpaired) electrons. The third-order valence-electron chi connectivity index (χ3n) is 1.11. The van der Waals surface area contributed by atoms with Crippen LogP contribution in [0.2, 0.25) is 0 Å². The van der Waals surface area contributed by atoms with E-state index in [2.05, 4.69) is 0 Å². The zero-order chi connectivity index (χ0) is 7.07. The molecule has 2 aromatic carbocycles. The Morgan fingerprint density at radius 2 is 0.818 bits per heavy atom. The minimum absolute atomic E-state index is 0. The molecule has 0 aromatic heterocycles. The van der Waals surface area contributed by atoms with Crippen molar-refractivity contribution in [1.82, 2.24) is 0 Å². The van der Waals surface area contributed by atoms with Crippen LogP contribution < -0.4 is 0 Å². The molecule has 0 aliphatic heterocycles. The summed E-state index contributed by atoms with van der Waals surface area (Å²) in [5.41, 5.74) is 0. The molecular weight excluding hydrogens is 144 g/mol. The molecule has 0 saturated heterocycles. The maximum Gasteiger partial charge on any atom is 2.00 e. The van der Waals surface area contributed by atoms with Crippen LogP contribution in [0.1, 0.15) is 0 Å². The molecule has 0 nitrogen and oxygen atoms in total. The molecule has 0 fully saturated rings. The molecule has 0 amide bonds. The van der Waals surface area contributed by atoms with Gasteiger partial charge in [-0.3, -0.25) is 0 Å². The van der Waals surface area contributed by atoms with Crippen LogP contribution in [0.3, 0.4) is 0 Å². The fourth-order valence-corrected chi connectivity index (χ4v) is 0.642. The van der Waals surface area contributed by atoms with Crippen LogP contribution in [0.25, 0.3) is 0 Å². The third-order valence-corrected chi connectivity index (χ3v) is 1.11. The summed E-state index contributed by atoms with van der Waals surface area (Å²) in [4.78, 5) is 0. The summed E-state index contributed by atoms with van der Waals surface area (Å²) < 4.78 is 0. The van der Waals surface area contributed by atoms with Crippen molar-refractivity contribution < 1.29 is 0 Å². The minimum Gasteiger partial charge on any atom is -0.214 e. The van der Waals surface area contributed by atoms with Crippen molar-refractivity contribution in [1.29, 1.82) is 0 Å². The molecule has 1 heteroatoms. The van der Waals surface area contributed by atoms with Gasteiger partial charge in [-0.1, -0.05) is 0 Å². The summed E-state index contributed by atoms with van der Waals surface area (Å²) >= 11 is 0. The molecule has 0 N–H and O–H groups in total. The molecule has 11 heavy (non-hydrogen) atoms. The van der Waals surface area contributed by atoms with Crippen LogP contribution in [-0.2, 0) is 0 Å². The van der Waals surface area contributed by atoms with Crippen molar-refractivity contribution in [2.24, 2.45) is 0 Å². The zero-order valence-electron chi connectivity index (χ0n) is 6.48. The molecule has 2 aromatic rings. The summed E-state index contributed by atoms with van der Waals surface area (Å²) in [6.07, 6.45) is 0. The standard InChI is InChI=1S/2C5H5.Mg/c2*1-2-4-5-3-1;/h2*1-5H;/q2*-1;+2. The maximum atomic E-state index is 2.00. The summed E-state index contributed by atoms with van der Waals surface area (Å²) in [7, 11) is 0. The van der Waals surface area contributed by atoms with Crippen LogP contribution in [0.15, 0.2) is 60.7 Å². The molecule has 0 saturated carbocycles. The molecule has 2 rings (SSSR count). The maximum absolute atomic E-state index is 2.00. The summed E-state index contributed by atoms with van der Waals surface area (Å²) in [6.45, 7) is 0. The number of hydrogen-bond acceptors (Lipinski definition) is 0. The summed E-state index contributed by atoms with van der Waals surface area (Å²) in [6, 6.07) is 20.0. The molecule has 0 spiro atoms. The van der Waals surface area contributed by atoms with E-state index in [1.165, 1.54) is 0 Å². The average Bonchev–Trinajstić information content (AvgIpc) is 2.67. The van der Waals surface area contributed by atoms with Crippen LogP contribution in [0, 0.1) is 0 Å². The van der Waals surface area contributed by atoms with E-state index in [1.54, 1.807) is 0 Å². The van der Waals surface area contributed by atoms with Crippen molar-refractivity contribution in [2.75, 3.05) is 0 Å². The van der Waals surface area contributed by atoms with E-state index in [4.69, 9.17) is 0 Å². The fraction of sp³-hybridized carbons (Fsp3) is 0. The first-order valence-electron chi connectivity index (χ1n) is 3.33. The van der Waals surface area contributed by atoms with Gasteiger partial charge in [0.05, 0.1) is 0 Å². The van der Waals surface area contributed by atoms with E-state index >= 15 is 0 Å². The van der Waals surface area contributed by atoms with Gasteiger partial charge in [-0.2, -0.15) is 36.4 Å². The van der Waals surface area contributed by atoms with Gasteiger partial charge in [-0.15, -0.1) is 0 Å². The van der Waals surface area contributed by atoms with Crippen molar-refractivity contribution in [2.45, 2.75) is 0 Å². The fourth-order valence-electron chi connectivity index (χ4n) is 0.642. The Hall–Kier alpha value is -0.534. The van der Waals surface area contributed by atoms with Gasteiger partial charge in [0.15, 0.2) is 0 Å². The van der Waals surface area contributed by atoms with Gasteiger partial charge in [0.1, 0.15) is 0 Å². The normalized spacial score (nSPS) is 7.27. The second-order valence-corrected chi connectivity index (χ2v) is 1.92. The van der Waals surface area contributed by atoms with Crippen LogP contribution >= 0.6 is 0 Å². The quantitative estimate of drug-likeness (QED) is 0.404.